The minimum atomic E-state index is -0.631. The third-order valence-electron chi connectivity index (χ3n) is 6.68. The summed E-state index contributed by atoms with van der Waals surface area (Å²) in [5.74, 6) is -0.762. The maximum absolute atomic E-state index is 14.1. The van der Waals surface area contributed by atoms with E-state index in [0.29, 0.717) is 0 Å². The van der Waals surface area contributed by atoms with Crippen molar-refractivity contribution in [3.05, 3.63) is 123 Å². The maximum atomic E-state index is 14.1. The molecule has 1 aromatic heterocycles. The highest BCUT2D eigenvalue weighted by Crippen LogP contribution is 2.42. The second-order valence-corrected chi connectivity index (χ2v) is 9.73. The summed E-state index contributed by atoms with van der Waals surface area (Å²) in [6, 6.07) is 24.5. The Morgan fingerprint density at radius 2 is 1.66 bits per heavy atom. The molecule has 1 unspecified atom stereocenters. The molecule has 1 aliphatic rings. The van der Waals surface area contributed by atoms with Gasteiger partial charge in [0.1, 0.15) is 17.6 Å². The van der Waals surface area contributed by atoms with E-state index in [1.807, 2.05) is 72.9 Å². The number of para-hydroxylation sites is 2. The second kappa shape index (κ2) is 10.1. The quantitative estimate of drug-likeness (QED) is 0.226. The average molecular weight is 529 g/mol. The first kappa shape index (κ1) is 25.2. The van der Waals surface area contributed by atoms with E-state index in [-0.39, 0.29) is 34.8 Å². The van der Waals surface area contributed by atoms with Gasteiger partial charge in [0.05, 0.1) is 22.0 Å². The highest BCUT2D eigenvalue weighted by molar-refractivity contribution is 6.32. The lowest BCUT2D eigenvalue weighted by Gasteiger charge is -2.40. The number of aromatic nitrogens is 1. The van der Waals surface area contributed by atoms with E-state index in [1.165, 1.54) is 17.0 Å². The van der Waals surface area contributed by atoms with Crippen LogP contribution < -0.4 is 4.90 Å². The molecule has 192 valence electrons. The number of nitro groups is 1. The second-order valence-electron chi connectivity index (χ2n) is 9.32. The molecule has 0 fully saturated rings. The number of anilines is 1. The molecule has 2 heterocycles. The van der Waals surface area contributed by atoms with E-state index in [9.17, 15) is 19.7 Å². The normalized spacial score (nSPS) is 14.1. The Morgan fingerprint density at radius 3 is 2.34 bits per heavy atom. The summed E-state index contributed by atoms with van der Waals surface area (Å²) in [4.78, 5) is 41.6. The number of amides is 2. The molecule has 1 aliphatic heterocycles. The van der Waals surface area contributed by atoms with Crippen LogP contribution in [0.3, 0.4) is 0 Å². The van der Waals surface area contributed by atoms with Crippen LogP contribution in [0.5, 0.6) is 0 Å². The number of fused-ring (bicyclic) bond motifs is 3. The van der Waals surface area contributed by atoms with Gasteiger partial charge in [0.2, 0.25) is 5.91 Å². The minimum absolute atomic E-state index is 0.0580. The van der Waals surface area contributed by atoms with Gasteiger partial charge in [-0.15, -0.1) is 0 Å². The molecule has 0 radical (unpaired) electrons. The molecular weight excluding hydrogens is 504 g/mol. The van der Waals surface area contributed by atoms with Crippen LogP contribution in [0.15, 0.2) is 91.1 Å². The highest BCUT2D eigenvalue weighted by Gasteiger charge is 2.37. The summed E-state index contributed by atoms with van der Waals surface area (Å²) in [5.41, 5.74) is 3.19. The maximum Gasteiger partial charge on any atom is 0.288 e. The smallest absolute Gasteiger partial charge is 0.288 e. The van der Waals surface area contributed by atoms with E-state index in [1.54, 1.807) is 18.7 Å². The number of carbonyl (C=O) groups excluding carboxylic acids is 2. The zero-order valence-corrected chi connectivity index (χ0v) is 21.6. The average Bonchev–Trinajstić information content (AvgIpc) is 3.41. The van der Waals surface area contributed by atoms with Crippen LogP contribution in [0.4, 0.5) is 11.4 Å². The van der Waals surface area contributed by atoms with Gasteiger partial charge in [0.15, 0.2) is 0 Å². The lowest BCUT2D eigenvalue weighted by atomic mass is 9.97. The Bertz CT molecular complexity index is 1530. The molecule has 0 spiro atoms. The molecular formula is C29H25ClN4O4. The van der Waals surface area contributed by atoms with E-state index >= 15 is 0 Å². The van der Waals surface area contributed by atoms with Gasteiger partial charge in [0, 0.05) is 23.9 Å². The van der Waals surface area contributed by atoms with Gasteiger partial charge in [-0.05, 0) is 55.8 Å². The summed E-state index contributed by atoms with van der Waals surface area (Å²) >= 11 is 5.95. The third-order valence-corrected chi connectivity index (χ3v) is 7.00. The van der Waals surface area contributed by atoms with Gasteiger partial charge in [-0.3, -0.25) is 24.6 Å². The first-order valence-electron chi connectivity index (χ1n) is 12.2. The van der Waals surface area contributed by atoms with Gasteiger partial charge in [-0.1, -0.05) is 54.1 Å². The molecule has 0 bridgehead atoms. The fourth-order valence-electron chi connectivity index (χ4n) is 4.87. The molecule has 9 heteroatoms. The van der Waals surface area contributed by atoms with Crippen LogP contribution in [0, 0.1) is 10.1 Å². The van der Waals surface area contributed by atoms with E-state index in [0.717, 1.165) is 28.7 Å². The summed E-state index contributed by atoms with van der Waals surface area (Å²) < 4.78 is 2.08. The van der Waals surface area contributed by atoms with Crippen molar-refractivity contribution in [3.8, 4) is 5.69 Å². The molecule has 8 nitrogen and oxygen atoms in total. The highest BCUT2D eigenvalue weighted by atomic mass is 35.5. The summed E-state index contributed by atoms with van der Waals surface area (Å²) in [6.45, 7) is 3.39. The lowest BCUT2D eigenvalue weighted by molar-refractivity contribution is -0.384. The summed E-state index contributed by atoms with van der Waals surface area (Å²) in [6.07, 6.45) is 1.98. The molecule has 0 N–H and O–H groups in total. The Kier molecular flexibility index (Phi) is 6.73. The van der Waals surface area contributed by atoms with Gasteiger partial charge >= 0.3 is 0 Å². The molecule has 0 saturated heterocycles. The number of hydrogen-bond acceptors (Lipinski definition) is 4. The predicted molar refractivity (Wildman–Crippen MR) is 146 cm³/mol. The number of nitro benzene ring substituents is 1. The molecule has 1 atom stereocenters. The Balaban J connectivity index is 1.55. The number of hydrogen-bond donors (Lipinski definition) is 0. The van der Waals surface area contributed by atoms with Crippen molar-refractivity contribution in [2.75, 3.05) is 11.4 Å². The third kappa shape index (κ3) is 4.43. The van der Waals surface area contributed by atoms with Crippen molar-refractivity contribution in [2.45, 2.75) is 25.9 Å². The largest absolute Gasteiger partial charge is 0.327 e. The molecule has 4 aromatic rings. The van der Waals surface area contributed by atoms with Crippen molar-refractivity contribution < 1.29 is 14.5 Å². The van der Waals surface area contributed by atoms with Gasteiger partial charge in [0.25, 0.3) is 11.6 Å². The number of rotatable bonds is 6. The SMILES string of the molecule is CC(C)N(CC(=O)N1c2ccccc2-n2cccc2C1c1ccccc1)C(=O)c1ccc(Cl)c([N+](=O)[O-])c1. The lowest BCUT2D eigenvalue weighted by Crippen LogP contribution is -2.48. The number of benzene rings is 3. The fourth-order valence-corrected chi connectivity index (χ4v) is 5.06. The predicted octanol–water partition coefficient (Wildman–Crippen LogP) is 6.03. The van der Waals surface area contributed by atoms with E-state index in [4.69, 9.17) is 11.6 Å². The van der Waals surface area contributed by atoms with Crippen LogP contribution in [0.1, 0.15) is 41.5 Å². The van der Waals surface area contributed by atoms with Crippen LogP contribution in [0.25, 0.3) is 5.69 Å². The Hall–Kier alpha value is -4.43. The zero-order valence-electron chi connectivity index (χ0n) is 20.8. The van der Waals surface area contributed by atoms with Crippen LogP contribution >= 0.6 is 11.6 Å². The Morgan fingerprint density at radius 1 is 0.974 bits per heavy atom. The van der Waals surface area contributed by atoms with Crippen LogP contribution in [-0.4, -0.2) is 38.8 Å². The summed E-state index contributed by atoms with van der Waals surface area (Å²) in [7, 11) is 0. The molecule has 2 amide bonds. The van der Waals surface area contributed by atoms with Crippen LogP contribution in [-0.2, 0) is 4.79 Å². The minimum Gasteiger partial charge on any atom is -0.327 e. The molecule has 0 saturated carbocycles. The Labute approximate surface area is 224 Å². The molecule has 5 rings (SSSR count). The number of nitrogens with zero attached hydrogens (tertiary/aromatic N) is 4. The molecule has 0 aliphatic carbocycles. The number of halogens is 1. The van der Waals surface area contributed by atoms with Crippen molar-refractivity contribution >= 4 is 34.8 Å². The van der Waals surface area contributed by atoms with Crippen molar-refractivity contribution in [1.29, 1.82) is 0 Å². The van der Waals surface area contributed by atoms with E-state index in [2.05, 4.69) is 4.57 Å². The standard InChI is InChI=1S/C29H25ClN4O4/c1-19(2)32(29(36)21-14-15-22(30)26(17-21)34(37)38)18-27(35)33-24-12-7-6-11-23(24)31-16-8-13-25(31)28(33)20-9-4-3-5-10-20/h3-17,19,28H,18H2,1-2H3. The molecule has 38 heavy (non-hydrogen) atoms. The van der Waals surface area contributed by atoms with Crippen molar-refractivity contribution in [2.24, 2.45) is 0 Å². The van der Waals surface area contributed by atoms with Crippen molar-refractivity contribution in [1.82, 2.24) is 9.47 Å². The first-order chi connectivity index (χ1) is 18.3. The van der Waals surface area contributed by atoms with Crippen molar-refractivity contribution in [3.63, 3.8) is 0 Å². The van der Waals surface area contributed by atoms with E-state index < -0.39 is 16.9 Å². The summed E-state index contributed by atoms with van der Waals surface area (Å²) in [5, 5.41) is 11.3. The van der Waals surface area contributed by atoms with Gasteiger partial charge in [-0.25, -0.2) is 0 Å². The van der Waals surface area contributed by atoms with Crippen LogP contribution in [0.2, 0.25) is 5.02 Å². The zero-order chi connectivity index (χ0) is 27.0. The van der Waals surface area contributed by atoms with Gasteiger partial charge < -0.3 is 9.47 Å². The monoisotopic (exact) mass is 528 g/mol. The topological polar surface area (TPSA) is 88.7 Å². The fraction of sp³-hybridized carbons (Fsp3) is 0.172. The number of carbonyl (C=O) groups is 2. The van der Waals surface area contributed by atoms with Gasteiger partial charge in [-0.2, -0.15) is 0 Å². The molecule has 3 aromatic carbocycles. The first-order valence-corrected chi connectivity index (χ1v) is 12.5.